The highest BCUT2D eigenvalue weighted by atomic mass is 32.1. The van der Waals surface area contributed by atoms with Gasteiger partial charge in [0.1, 0.15) is 10.6 Å². The molecule has 5 rings (SSSR count). The molecule has 1 N–H and O–H groups in total. The number of amides is 1. The van der Waals surface area contributed by atoms with Gasteiger partial charge in [-0.25, -0.2) is 9.78 Å². The summed E-state index contributed by atoms with van der Waals surface area (Å²) >= 11 is 1.57. The van der Waals surface area contributed by atoms with Crippen LogP contribution in [0.4, 0.5) is 9.93 Å². The number of hydrogen-bond donors (Lipinski definition) is 1. The Hall–Kier alpha value is -3.46. The minimum Gasteiger partial charge on any atom is -0.475 e. The van der Waals surface area contributed by atoms with Crippen LogP contribution >= 0.6 is 11.3 Å². The molecule has 194 valence electrons. The number of fused-ring (bicyclic) bond motifs is 1. The molecular formula is C28H33N5O3S. The number of carbonyl (C=O) groups is 1. The topological polar surface area (TPSA) is 89.5 Å². The van der Waals surface area contributed by atoms with E-state index in [2.05, 4.69) is 44.7 Å². The van der Waals surface area contributed by atoms with Crippen LogP contribution in [0, 0.1) is 0 Å². The Labute approximate surface area is 221 Å². The third-order valence-electron chi connectivity index (χ3n) is 6.12. The molecule has 3 aromatic rings. The summed E-state index contributed by atoms with van der Waals surface area (Å²) in [6, 6.07) is 12.4. The second-order valence-electron chi connectivity index (χ2n) is 10.7. The van der Waals surface area contributed by atoms with Crippen LogP contribution in [0.5, 0.6) is 5.88 Å². The number of carbonyl (C=O) groups excluding carboxylic acids is 1. The zero-order chi connectivity index (χ0) is 26.2. The molecular weight excluding hydrogens is 486 g/mol. The van der Waals surface area contributed by atoms with Crippen LogP contribution in [0.15, 0.2) is 42.5 Å². The number of anilines is 1. The van der Waals surface area contributed by atoms with Crippen LogP contribution in [0.2, 0.25) is 0 Å². The lowest BCUT2D eigenvalue weighted by Gasteiger charge is -2.21. The van der Waals surface area contributed by atoms with E-state index in [1.54, 1.807) is 11.3 Å². The van der Waals surface area contributed by atoms with Crippen molar-refractivity contribution in [2.75, 3.05) is 18.0 Å². The van der Waals surface area contributed by atoms with Crippen LogP contribution < -0.4 is 15.0 Å². The second-order valence-corrected chi connectivity index (χ2v) is 11.6. The van der Waals surface area contributed by atoms with E-state index in [9.17, 15) is 4.79 Å². The van der Waals surface area contributed by atoms with Gasteiger partial charge in [-0.1, -0.05) is 35.6 Å². The van der Waals surface area contributed by atoms with Crippen LogP contribution in [0.3, 0.4) is 0 Å². The van der Waals surface area contributed by atoms with Gasteiger partial charge in [0.25, 0.3) is 0 Å². The Morgan fingerprint density at radius 3 is 2.81 bits per heavy atom. The molecule has 0 radical (unpaired) electrons. The van der Waals surface area contributed by atoms with E-state index in [1.165, 1.54) is 11.1 Å². The lowest BCUT2D eigenvalue weighted by atomic mass is 10.0. The Kier molecular flexibility index (Phi) is 6.90. The van der Waals surface area contributed by atoms with Crippen molar-refractivity contribution in [3.05, 3.63) is 59.3 Å². The van der Waals surface area contributed by atoms with Gasteiger partial charge in [0.15, 0.2) is 0 Å². The van der Waals surface area contributed by atoms with Crippen molar-refractivity contribution in [3.8, 4) is 16.5 Å². The molecule has 1 aliphatic carbocycles. The summed E-state index contributed by atoms with van der Waals surface area (Å²) in [6.07, 6.45) is 3.64. The van der Waals surface area contributed by atoms with Crippen LogP contribution in [-0.2, 0) is 11.2 Å². The molecule has 0 spiro atoms. The molecule has 1 saturated heterocycles. The third-order valence-corrected chi connectivity index (χ3v) is 7.16. The molecule has 1 atom stereocenters. The van der Waals surface area contributed by atoms with Gasteiger partial charge in [0, 0.05) is 30.3 Å². The number of ether oxygens (including phenoxy) is 2. The number of allylic oxidation sites excluding steroid dienone is 1. The van der Waals surface area contributed by atoms with Crippen LogP contribution in [0.25, 0.3) is 16.1 Å². The molecule has 0 bridgehead atoms. The van der Waals surface area contributed by atoms with Gasteiger partial charge in [0.05, 0.1) is 17.8 Å². The van der Waals surface area contributed by atoms with E-state index in [-0.39, 0.29) is 18.2 Å². The predicted molar refractivity (Wildman–Crippen MR) is 146 cm³/mol. The maximum atomic E-state index is 12.1. The first-order valence-corrected chi connectivity index (χ1v) is 13.5. The maximum Gasteiger partial charge on any atom is 0.407 e. The van der Waals surface area contributed by atoms with Crippen molar-refractivity contribution in [2.45, 2.75) is 65.2 Å². The van der Waals surface area contributed by atoms with Crippen LogP contribution in [-0.4, -0.2) is 52.1 Å². The summed E-state index contributed by atoms with van der Waals surface area (Å²) in [5, 5.41) is 13.7. The SMILES string of the molecule is CC(C)Oc1cccc(C2=CCc3ccc(-c4nnc(N5CC[C@@H](NC(=O)OC(C)(C)C)C5)s4)cc32)n1. The lowest BCUT2D eigenvalue weighted by molar-refractivity contribution is 0.0509. The Morgan fingerprint density at radius 2 is 2.03 bits per heavy atom. The molecule has 3 heterocycles. The van der Waals surface area contributed by atoms with Crippen molar-refractivity contribution in [2.24, 2.45) is 0 Å². The number of aromatic nitrogens is 3. The highest BCUT2D eigenvalue weighted by Gasteiger charge is 2.28. The monoisotopic (exact) mass is 519 g/mol. The molecule has 1 fully saturated rings. The van der Waals surface area contributed by atoms with Crippen molar-refractivity contribution in [1.29, 1.82) is 0 Å². The summed E-state index contributed by atoms with van der Waals surface area (Å²) in [7, 11) is 0. The van der Waals surface area contributed by atoms with E-state index < -0.39 is 5.60 Å². The van der Waals surface area contributed by atoms with Crippen molar-refractivity contribution in [1.82, 2.24) is 20.5 Å². The second kappa shape index (κ2) is 10.1. The van der Waals surface area contributed by atoms with Crippen LogP contribution in [0.1, 0.15) is 57.9 Å². The first-order chi connectivity index (χ1) is 17.6. The Morgan fingerprint density at radius 1 is 1.19 bits per heavy atom. The highest BCUT2D eigenvalue weighted by Crippen LogP contribution is 2.37. The summed E-state index contributed by atoms with van der Waals surface area (Å²) < 4.78 is 11.2. The molecule has 1 aromatic carbocycles. The van der Waals surface area contributed by atoms with Crippen molar-refractivity contribution < 1.29 is 14.3 Å². The zero-order valence-corrected chi connectivity index (χ0v) is 22.8. The molecule has 1 amide bonds. The summed E-state index contributed by atoms with van der Waals surface area (Å²) in [6.45, 7) is 11.1. The van der Waals surface area contributed by atoms with Gasteiger partial charge in [-0.15, -0.1) is 10.2 Å². The number of hydrogen-bond acceptors (Lipinski definition) is 8. The normalized spacial score (nSPS) is 17.1. The molecule has 9 heteroatoms. The summed E-state index contributed by atoms with van der Waals surface area (Å²) in [5.41, 5.74) is 5.00. The van der Waals surface area contributed by atoms with Gasteiger partial charge in [-0.2, -0.15) is 0 Å². The fourth-order valence-electron chi connectivity index (χ4n) is 4.56. The van der Waals surface area contributed by atoms with Gasteiger partial charge < -0.3 is 19.7 Å². The molecule has 0 unspecified atom stereocenters. The standard InChI is InChI=1S/C28H33N5O3S/c1-17(2)35-24-8-6-7-23(30-24)21-12-11-18-9-10-19(15-22(18)21)25-31-32-26(37-25)33-14-13-20(16-33)29-27(34)36-28(3,4)5/h6-10,12,15,17,20H,11,13-14,16H2,1-5H3,(H,29,34)/t20-/m1/s1. The molecule has 2 aliphatic rings. The quantitative estimate of drug-likeness (QED) is 0.461. The largest absolute Gasteiger partial charge is 0.475 e. The van der Waals surface area contributed by atoms with Crippen molar-refractivity contribution >= 4 is 28.1 Å². The number of nitrogens with zero attached hydrogens (tertiary/aromatic N) is 4. The minimum absolute atomic E-state index is 0.0258. The van der Waals surface area contributed by atoms with E-state index >= 15 is 0 Å². The van der Waals surface area contributed by atoms with E-state index in [0.717, 1.165) is 46.4 Å². The smallest absolute Gasteiger partial charge is 0.407 e. The minimum atomic E-state index is -0.512. The fraction of sp³-hybridized carbons (Fsp3) is 0.429. The number of pyridine rings is 1. The van der Waals surface area contributed by atoms with Gasteiger partial charge in [0.2, 0.25) is 11.0 Å². The Bertz CT molecular complexity index is 1330. The first-order valence-electron chi connectivity index (χ1n) is 12.7. The molecule has 1 aliphatic heterocycles. The lowest BCUT2D eigenvalue weighted by Crippen LogP contribution is -2.40. The van der Waals surface area contributed by atoms with E-state index in [0.29, 0.717) is 12.4 Å². The molecule has 8 nitrogen and oxygen atoms in total. The zero-order valence-electron chi connectivity index (χ0n) is 21.9. The number of benzene rings is 1. The van der Waals surface area contributed by atoms with Gasteiger partial charge in [-0.05, 0) is 70.7 Å². The number of nitrogens with one attached hydrogen (secondary N) is 1. The first kappa shape index (κ1) is 25.2. The average molecular weight is 520 g/mol. The van der Waals surface area contributed by atoms with E-state index in [4.69, 9.17) is 14.5 Å². The number of alkyl carbamates (subject to hydrolysis) is 1. The molecule has 37 heavy (non-hydrogen) atoms. The predicted octanol–water partition coefficient (Wildman–Crippen LogP) is 5.48. The van der Waals surface area contributed by atoms with Crippen molar-refractivity contribution in [3.63, 3.8) is 0 Å². The van der Waals surface area contributed by atoms with E-state index in [1.807, 2.05) is 52.8 Å². The summed E-state index contributed by atoms with van der Waals surface area (Å²) in [4.78, 5) is 19.1. The number of rotatable bonds is 6. The maximum absolute atomic E-state index is 12.1. The Balaban J connectivity index is 1.29. The highest BCUT2D eigenvalue weighted by molar-refractivity contribution is 7.18. The summed E-state index contributed by atoms with van der Waals surface area (Å²) in [5.74, 6) is 0.636. The average Bonchev–Trinajstić information content (AvgIpc) is 3.56. The third kappa shape index (κ3) is 5.93. The molecule has 0 saturated carbocycles. The van der Waals surface area contributed by atoms with Gasteiger partial charge >= 0.3 is 6.09 Å². The fourth-order valence-corrected chi connectivity index (χ4v) is 5.44. The molecule has 2 aromatic heterocycles. The van der Waals surface area contributed by atoms with Gasteiger partial charge in [-0.3, -0.25) is 0 Å².